The molecule has 4 nitrogen and oxygen atoms in total. The maximum absolute atomic E-state index is 5.95. The van der Waals surface area contributed by atoms with Crippen molar-refractivity contribution < 1.29 is 0 Å². The van der Waals surface area contributed by atoms with Gasteiger partial charge in [-0.15, -0.1) is 10.2 Å². The van der Waals surface area contributed by atoms with Crippen LogP contribution >= 0.6 is 23.4 Å². The highest BCUT2D eigenvalue weighted by molar-refractivity contribution is 7.98. The number of rotatable bonds is 7. The van der Waals surface area contributed by atoms with Crippen LogP contribution in [0.3, 0.4) is 0 Å². The average molecular weight is 375 g/mol. The molecule has 1 N–H and O–H groups in total. The van der Waals surface area contributed by atoms with Gasteiger partial charge < -0.3 is 0 Å². The molecule has 0 saturated heterocycles. The third kappa shape index (κ3) is 5.13. The first-order chi connectivity index (χ1) is 12.3. The van der Waals surface area contributed by atoms with Gasteiger partial charge in [0.1, 0.15) is 0 Å². The van der Waals surface area contributed by atoms with Gasteiger partial charge in [0.15, 0.2) is 5.82 Å². The summed E-state index contributed by atoms with van der Waals surface area (Å²) in [7, 11) is 0. The Hall–Kier alpha value is -1.72. The van der Waals surface area contributed by atoms with E-state index < -0.39 is 0 Å². The van der Waals surface area contributed by atoms with Crippen molar-refractivity contribution >= 4 is 23.4 Å². The number of aryl methyl sites for hydroxylation is 1. The first-order valence-corrected chi connectivity index (χ1v) is 10.0. The zero-order chi connectivity index (χ0) is 17.5. The van der Waals surface area contributed by atoms with Gasteiger partial charge in [-0.05, 0) is 49.0 Å². The van der Waals surface area contributed by atoms with Crippen LogP contribution in [0.1, 0.15) is 44.0 Å². The standard InChI is InChI=1S/C19H23ClN4S/c1-2-6-18-22-23-19(25-14-16-9-11-17(20)12-10-16)24(18)21-13-15-7-4-3-5-8-15/h3-4,9-13,21H,2,5-8,14H2,1H3/b15-13+. The first-order valence-electron chi connectivity index (χ1n) is 8.67. The monoisotopic (exact) mass is 374 g/mol. The van der Waals surface area contributed by atoms with E-state index >= 15 is 0 Å². The molecule has 0 unspecified atom stereocenters. The van der Waals surface area contributed by atoms with Crippen LogP contribution in [0.15, 0.2) is 53.3 Å². The topological polar surface area (TPSA) is 42.7 Å². The summed E-state index contributed by atoms with van der Waals surface area (Å²) in [6.45, 7) is 2.16. The van der Waals surface area contributed by atoms with Gasteiger partial charge in [0.05, 0.1) is 0 Å². The lowest BCUT2D eigenvalue weighted by Crippen LogP contribution is -2.14. The second kappa shape index (κ2) is 9.11. The number of nitrogens with zero attached hydrogens (tertiary/aromatic N) is 3. The zero-order valence-corrected chi connectivity index (χ0v) is 16.0. The second-order valence-corrected chi connectivity index (χ2v) is 7.42. The summed E-state index contributed by atoms with van der Waals surface area (Å²) in [4.78, 5) is 0. The Morgan fingerprint density at radius 2 is 2.08 bits per heavy atom. The van der Waals surface area contributed by atoms with Crippen LogP contribution in [-0.2, 0) is 12.2 Å². The molecule has 2 aromatic rings. The summed E-state index contributed by atoms with van der Waals surface area (Å²) in [6.07, 6.45) is 11.8. The summed E-state index contributed by atoms with van der Waals surface area (Å²) in [5, 5.41) is 10.4. The van der Waals surface area contributed by atoms with Crippen molar-refractivity contribution in [3.8, 4) is 0 Å². The normalized spacial score (nSPS) is 15.7. The van der Waals surface area contributed by atoms with E-state index in [2.05, 4.69) is 40.9 Å². The maximum atomic E-state index is 5.95. The molecule has 1 aromatic heterocycles. The minimum atomic E-state index is 0.761. The van der Waals surface area contributed by atoms with Crippen LogP contribution in [0.25, 0.3) is 0 Å². The quantitative estimate of drug-likeness (QED) is 0.524. The number of halogens is 1. The summed E-state index contributed by atoms with van der Waals surface area (Å²) < 4.78 is 2.02. The van der Waals surface area contributed by atoms with Gasteiger partial charge in [-0.3, -0.25) is 5.43 Å². The number of allylic oxidation sites excluding steroid dienone is 3. The minimum Gasteiger partial charge on any atom is -0.298 e. The highest BCUT2D eigenvalue weighted by Crippen LogP contribution is 2.23. The Morgan fingerprint density at radius 1 is 1.24 bits per heavy atom. The van der Waals surface area contributed by atoms with Gasteiger partial charge in [0.2, 0.25) is 5.16 Å². The molecular formula is C19H23ClN4S. The molecule has 0 aliphatic heterocycles. The second-order valence-electron chi connectivity index (χ2n) is 6.05. The molecule has 1 aromatic carbocycles. The van der Waals surface area contributed by atoms with E-state index in [-0.39, 0.29) is 0 Å². The van der Waals surface area contributed by atoms with Gasteiger partial charge in [-0.25, -0.2) is 4.68 Å². The number of benzene rings is 1. The van der Waals surface area contributed by atoms with E-state index in [0.717, 1.165) is 53.9 Å². The van der Waals surface area contributed by atoms with E-state index in [1.807, 2.05) is 28.9 Å². The predicted octanol–water partition coefficient (Wildman–Crippen LogP) is 5.34. The number of aromatic nitrogens is 3. The molecule has 3 rings (SSSR count). The fourth-order valence-corrected chi connectivity index (χ4v) is 3.65. The molecule has 1 aliphatic rings. The van der Waals surface area contributed by atoms with Crippen molar-refractivity contribution in [1.82, 2.24) is 14.9 Å². The SMILES string of the molecule is CCCc1nnc(SCc2ccc(Cl)cc2)n1N/C=C1\CC=CCC1. The highest BCUT2D eigenvalue weighted by atomic mass is 35.5. The minimum absolute atomic E-state index is 0.761. The smallest absolute Gasteiger partial charge is 0.210 e. The zero-order valence-electron chi connectivity index (χ0n) is 14.4. The Bertz CT molecular complexity index is 749. The summed E-state index contributed by atoms with van der Waals surface area (Å²) in [5.74, 6) is 1.81. The fraction of sp³-hybridized carbons (Fsp3) is 0.368. The van der Waals surface area contributed by atoms with Crippen molar-refractivity contribution in [2.45, 2.75) is 49.9 Å². The predicted molar refractivity (Wildman–Crippen MR) is 105 cm³/mol. The van der Waals surface area contributed by atoms with E-state index in [1.54, 1.807) is 11.8 Å². The van der Waals surface area contributed by atoms with Crippen molar-refractivity contribution in [2.24, 2.45) is 0 Å². The first kappa shape index (κ1) is 18.1. The Morgan fingerprint density at radius 3 is 2.80 bits per heavy atom. The van der Waals surface area contributed by atoms with Crippen LogP contribution in [0.4, 0.5) is 0 Å². The summed E-state index contributed by atoms with van der Waals surface area (Å²) in [6, 6.07) is 7.94. The Balaban J connectivity index is 1.71. The van der Waals surface area contributed by atoms with Gasteiger partial charge in [0, 0.05) is 23.4 Å². The fourth-order valence-electron chi connectivity index (χ4n) is 2.65. The van der Waals surface area contributed by atoms with Crippen LogP contribution < -0.4 is 5.43 Å². The van der Waals surface area contributed by atoms with E-state index in [9.17, 15) is 0 Å². The molecule has 0 spiro atoms. The maximum Gasteiger partial charge on any atom is 0.210 e. The molecule has 1 heterocycles. The lowest BCUT2D eigenvalue weighted by molar-refractivity contribution is 0.733. The van der Waals surface area contributed by atoms with E-state index in [1.165, 1.54) is 11.1 Å². The lowest BCUT2D eigenvalue weighted by Gasteiger charge is -2.13. The van der Waals surface area contributed by atoms with Crippen molar-refractivity contribution in [3.05, 3.63) is 64.6 Å². The molecule has 0 amide bonds. The van der Waals surface area contributed by atoms with Gasteiger partial charge >= 0.3 is 0 Å². The van der Waals surface area contributed by atoms with Crippen molar-refractivity contribution in [1.29, 1.82) is 0 Å². The van der Waals surface area contributed by atoms with Crippen LogP contribution in [0.5, 0.6) is 0 Å². The third-order valence-electron chi connectivity index (χ3n) is 4.03. The summed E-state index contributed by atoms with van der Waals surface area (Å²) in [5.41, 5.74) is 6.04. The molecule has 0 saturated carbocycles. The molecular weight excluding hydrogens is 352 g/mol. The molecule has 132 valence electrons. The largest absolute Gasteiger partial charge is 0.298 e. The number of hydrogen-bond acceptors (Lipinski definition) is 4. The number of thioether (sulfide) groups is 1. The molecule has 0 bridgehead atoms. The van der Waals surface area contributed by atoms with Gasteiger partial charge in [-0.2, -0.15) is 0 Å². The Kier molecular flexibility index (Phi) is 6.59. The lowest BCUT2D eigenvalue weighted by atomic mass is 10.0. The molecule has 0 atom stereocenters. The molecule has 6 heteroatoms. The van der Waals surface area contributed by atoms with Crippen LogP contribution in [-0.4, -0.2) is 14.9 Å². The third-order valence-corrected chi connectivity index (χ3v) is 5.28. The van der Waals surface area contributed by atoms with Crippen LogP contribution in [0, 0.1) is 0 Å². The number of nitrogens with one attached hydrogen (secondary N) is 1. The van der Waals surface area contributed by atoms with E-state index in [4.69, 9.17) is 11.6 Å². The number of hydrogen-bond donors (Lipinski definition) is 1. The molecule has 25 heavy (non-hydrogen) atoms. The molecule has 0 fully saturated rings. The van der Waals surface area contributed by atoms with E-state index in [0.29, 0.717) is 0 Å². The average Bonchev–Trinajstić information content (AvgIpc) is 3.02. The van der Waals surface area contributed by atoms with Gasteiger partial charge in [0.25, 0.3) is 0 Å². The van der Waals surface area contributed by atoms with Crippen molar-refractivity contribution in [3.63, 3.8) is 0 Å². The van der Waals surface area contributed by atoms with Crippen molar-refractivity contribution in [2.75, 3.05) is 5.43 Å². The molecule has 1 aliphatic carbocycles. The highest BCUT2D eigenvalue weighted by Gasteiger charge is 2.12. The summed E-state index contributed by atoms with van der Waals surface area (Å²) >= 11 is 7.63. The van der Waals surface area contributed by atoms with Crippen LogP contribution in [0.2, 0.25) is 5.02 Å². The van der Waals surface area contributed by atoms with Gasteiger partial charge in [-0.1, -0.05) is 54.6 Å². The molecule has 0 radical (unpaired) electrons. The Labute approximate surface area is 158 Å².